The van der Waals surface area contributed by atoms with E-state index in [2.05, 4.69) is 19.9 Å². The average Bonchev–Trinajstić information content (AvgIpc) is 2.68. The lowest BCUT2D eigenvalue weighted by Crippen LogP contribution is -2.18. The number of aryl methyl sites for hydroxylation is 1. The quantitative estimate of drug-likeness (QED) is 0.413. The first-order valence-corrected chi connectivity index (χ1v) is 9.12. The fourth-order valence-corrected chi connectivity index (χ4v) is 2.77. The molecule has 0 aliphatic rings. The molecule has 0 aliphatic heterocycles. The lowest BCUT2D eigenvalue weighted by Gasteiger charge is -2.12. The molecule has 3 heteroatoms. The van der Waals surface area contributed by atoms with Gasteiger partial charge in [-0.25, -0.2) is 4.79 Å². The molecule has 3 nitrogen and oxygen atoms in total. The van der Waals surface area contributed by atoms with Gasteiger partial charge in [0.1, 0.15) is 11.5 Å². The maximum Gasteiger partial charge on any atom is 0.349 e. The molecule has 3 aromatic rings. The second-order valence-corrected chi connectivity index (χ2v) is 6.83. The second-order valence-electron chi connectivity index (χ2n) is 6.83. The number of hydrogen-bond acceptors (Lipinski definition) is 3. The van der Waals surface area contributed by atoms with Gasteiger partial charge < -0.3 is 9.47 Å². The largest absolute Gasteiger partial charge is 0.482 e. The predicted octanol–water partition coefficient (Wildman–Crippen LogP) is 5.77. The Kier molecular flexibility index (Phi) is 5.92. The Morgan fingerprint density at radius 1 is 0.889 bits per heavy atom. The van der Waals surface area contributed by atoms with Crippen LogP contribution in [0.25, 0.3) is 11.1 Å². The lowest BCUT2D eigenvalue weighted by atomic mass is 10.0. The van der Waals surface area contributed by atoms with E-state index in [1.165, 1.54) is 5.56 Å². The van der Waals surface area contributed by atoms with Crippen LogP contribution in [0.2, 0.25) is 0 Å². The molecule has 0 unspecified atom stereocenters. The molecule has 0 atom stereocenters. The third-order valence-corrected chi connectivity index (χ3v) is 4.42. The van der Waals surface area contributed by atoms with E-state index in [-0.39, 0.29) is 6.61 Å². The molecule has 27 heavy (non-hydrogen) atoms. The van der Waals surface area contributed by atoms with Crippen LogP contribution in [-0.4, -0.2) is 12.6 Å². The third-order valence-electron chi connectivity index (χ3n) is 4.42. The van der Waals surface area contributed by atoms with E-state index in [9.17, 15) is 4.79 Å². The van der Waals surface area contributed by atoms with Gasteiger partial charge in [0.05, 0.1) is 0 Å². The SMILES string of the molecule is Cc1ccc(C(C)C)cc1OCC(=O)Oc1ccc(-c2ccccc2)cc1. The zero-order valence-electron chi connectivity index (χ0n) is 15.9. The van der Waals surface area contributed by atoms with E-state index in [1.54, 1.807) is 12.1 Å². The summed E-state index contributed by atoms with van der Waals surface area (Å²) in [7, 11) is 0. The highest BCUT2D eigenvalue weighted by Gasteiger charge is 2.10. The van der Waals surface area contributed by atoms with Crippen LogP contribution in [0.15, 0.2) is 72.8 Å². The molecule has 0 heterocycles. The molecule has 0 saturated heterocycles. The van der Waals surface area contributed by atoms with Crippen LogP contribution in [-0.2, 0) is 4.79 Å². The molecule has 3 aromatic carbocycles. The highest BCUT2D eigenvalue weighted by Crippen LogP contribution is 2.25. The van der Waals surface area contributed by atoms with Crippen molar-refractivity contribution in [1.82, 2.24) is 0 Å². The minimum Gasteiger partial charge on any atom is -0.482 e. The van der Waals surface area contributed by atoms with Gasteiger partial charge in [0.2, 0.25) is 0 Å². The van der Waals surface area contributed by atoms with Crippen LogP contribution in [0.4, 0.5) is 0 Å². The summed E-state index contributed by atoms with van der Waals surface area (Å²) in [6.07, 6.45) is 0. The molecular formula is C24H24O3. The Balaban J connectivity index is 1.59. The zero-order valence-corrected chi connectivity index (χ0v) is 15.9. The summed E-state index contributed by atoms with van der Waals surface area (Å²) in [6.45, 7) is 6.10. The van der Waals surface area contributed by atoms with E-state index < -0.39 is 5.97 Å². The van der Waals surface area contributed by atoms with Crippen molar-refractivity contribution in [3.8, 4) is 22.6 Å². The van der Waals surface area contributed by atoms with Crippen LogP contribution >= 0.6 is 0 Å². The molecule has 3 rings (SSSR count). The van der Waals surface area contributed by atoms with Crippen LogP contribution in [0.1, 0.15) is 30.9 Å². The number of esters is 1. The number of benzene rings is 3. The molecule has 0 saturated carbocycles. The fourth-order valence-electron chi connectivity index (χ4n) is 2.77. The van der Waals surface area contributed by atoms with Crippen molar-refractivity contribution in [2.45, 2.75) is 26.7 Å². The molecular weight excluding hydrogens is 336 g/mol. The van der Waals surface area contributed by atoms with Gasteiger partial charge in [-0.15, -0.1) is 0 Å². The Hall–Kier alpha value is -3.07. The summed E-state index contributed by atoms with van der Waals surface area (Å²) in [5.41, 5.74) is 4.38. The molecule has 0 aliphatic carbocycles. The van der Waals surface area contributed by atoms with E-state index in [0.29, 0.717) is 11.7 Å². The first-order valence-electron chi connectivity index (χ1n) is 9.12. The molecule has 0 radical (unpaired) electrons. The molecule has 0 N–H and O–H groups in total. The molecule has 0 fully saturated rings. The lowest BCUT2D eigenvalue weighted by molar-refractivity contribution is -0.136. The van der Waals surface area contributed by atoms with Crippen molar-refractivity contribution in [2.24, 2.45) is 0 Å². The third kappa shape index (κ3) is 4.98. The molecule has 0 aromatic heterocycles. The first-order chi connectivity index (χ1) is 13.0. The predicted molar refractivity (Wildman–Crippen MR) is 108 cm³/mol. The molecule has 0 amide bonds. The minimum absolute atomic E-state index is 0.122. The Morgan fingerprint density at radius 3 is 2.22 bits per heavy atom. The van der Waals surface area contributed by atoms with Crippen molar-refractivity contribution in [3.63, 3.8) is 0 Å². The van der Waals surface area contributed by atoms with Crippen LogP contribution in [0, 0.1) is 6.92 Å². The number of carbonyl (C=O) groups is 1. The van der Waals surface area contributed by atoms with Crippen molar-refractivity contribution in [2.75, 3.05) is 6.61 Å². The number of rotatable bonds is 6. The van der Waals surface area contributed by atoms with Crippen molar-refractivity contribution in [3.05, 3.63) is 83.9 Å². The van der Waals surface area contributed by atoms with Crippen LogP contribution in [0.3, 0.4) is 0 Å². The zero-order chi connectivity index (χ0) is 19.2. The minimum atomic E-state index is -0.420. The standard InChI is InChI=1S/C24H24O3/c1-17(2)21-10-9-18(3)23(15-21)26-16-24(25)27-22-13-11-20(12-14-22)19-7-5-4-6-8-19/h4-15,17H,16H2,1-3H3. The summed E-state index contributed by atoms with van der Waals surface area (Å²) in [5, 5.41) is 0. The van der Waals surface area contributed by atoms with Gasteiger partial charge in [0.15, 0.2) is 6.61 Å². The van der Waals surface area contributed by atoms with Crippen LogP contribution in [0.5, 0.6) is 11.5 Å². The summed E-state index contributed by atoms with van der Waals surface area (Å²) in [5.74, 6) is 1.22. The van der Waals surface area contributed by atoms with Crippen molar-refractivity contribution < 1.29 is 14.3 Å². The van der Waals surface area contributed by atoms with Crippen LogP contribution < -0.4 is 9.47 Å². The van der Waals surface area contributed by atoms with E-state index >= 15 is 0 Å². The van der Waals surface area contributed by atoms with Crippen molar-refractivity contribution >= 4 is 5.97 Å². The monoisotopic (exact) mass is 360 g/mol. The Bertz CT molecular complexity index is 897. The number of hydrogen-bond donors (Lipinski definition) is 0. The first kappa shape index (κ1) is 18.7. The summed E-state index contributed by atoms with van der Waals surface area (Å²) >= 11 is 0. The molecule has 138 valence electrons. The fraction of sp³-hybridized carbons (Fsp3) is 0.208. The van der Waals surface area contributed by atoms with Gasteiger partial charge in [-0.1, -0.05) is 68.4 Å². The summed E-state index contributed by atoms with van der Waals surface area (Å²) < 4.78 is 11.1. The summed E-state index contributed by atoms with van der Waals surface area (Å²) in [4.78, 5) is 12.1. The maximum atomic E-state index is 12.1. The normalized spacial score (nSPS) is 10.7. The summed E-state index contributed by atoms with van der Waals surface area (Å²) in [6, 6.07) is 23.6. The van der Waals surface area contributed by atoms with Gasteiger partial charge in [-0.2, -0.15) is 0 Å². The second kappa shape index (κ2) is 8.54. The topological polar surface area (TPSA) is 35.5 Å². The van der Waals surface area contributed by atoms with Gasteiger partial charge in [-0.05, 0) is 53.3 Å². The maximum absolute atomic E-state index is 12.1. The highest BCUT2D eigenvalue weighted by atomic mass is 16.6. The smallest absolute Gasteiger partial charge is 0.349 e. The number of ether oxygens (including phenoxy) is 2. The Labute approximate surface area is 160 Å². The van der Waals surface area contributed by atoms with Gasteiger partial charge in [-0.3, -0.25) is 0 Å². The molecule has 0 spiro atoms. The average molecular weight is 360 g/mol. The Morgan fingerprint density at radius 2 is 1.56 bits per heavy atom. The van der Waals surface area contributed by atoms with E-state index in [1.807, 2.05) is 61.5 Å². The van der Waals surface area contributed by atoms with Gasteiger partial charge >= 0.3 is 5.97 Å². The van der Waals surface area contributed by atoms with E-state index in [0.717, 1.165) is 22.4 Å². The molecule has 0 bridgehead atoms. The van der Waals surface area contributed by atoms with Gasteiger partial charge in [0.25, 0.3) is 0 Å². The van der Waals surface area contributed by atoms with Gasteiger partial charge in [0, 0.05) is 0 Å². The highest BCUT2D eigenvalue weighted by molar-refractivity contribution is 5.74. The van der Waals surface area contributed by atoms with Crippen molar-refractivity contribution in [1.29, 1.82) is 0 Å². The van der Waals surface area contributed by atoms with E-state index in [4.69, 9.17) is 9.47 Å². The number of carbonyl (C=O) groups excluding carboxylic acids is 1.